The summed E-state index contributed by atoms with van der Waals surface area (Å²) < 4.78 is 0. The Balaban J connectivity index is 2.60. The molecule has 17 heavy (non-hydrogen) atoms. The number of hydrogen-bond acceptors (Lipinski definition) is 2. The first kappa shape index (κ1) is 10.0. The summed E-state index contributed by atoms with van der Waals surface area (Å²) in [5.74, 6) is 0. The predicted octanol–water partition coefficient (Wildman–Crippen LogP) is 1.71. The average molecular weight is 223 g/mol. The number of nitrogens with zero attached hydrogens (tertiary/aromatic N) is 2. The highest BCUT2D eigenvalue weighted by Crippen LogP contribution is 2.10. The van der Waals surface area contributed by atoms with Gasteiger partial charge in [-0.25, -0.2) is 9.97 Å². The molecule has 1 N–H and O–H groups in total. The summed E-state index contributed by atoms with van der Waals surface area (Å²) in [6.45, 7) is 4.03. The lowest BCUT2D eigenvalue weighted by Gasteiger charge is -1.95. The highest BCUT2D eigenvalue weighted by molar-refractivity contribution is 5.85. The molecule has 0 atom stereocenters. The molecular formula is C14H13N3. The summed E-state index contributed by atoms with van der Waals surface area (Å²) in [6, 6.07) is 7.93. The molecule has 0 aliphatic carbocycles. The fraction of sp³-hybridized carbons (Fsp3) is 0.143. The number of nitrogens with one attached hydrogen (secondary N) is 1. The minimum atomic E-state index is 0.852. The zero-order valence-electron chi connectivity index (χ0n) is 9.86. The van der Waals surface area contributed by atoms with Crippen molar-refractivity contribution in [2.75, 3.05) is 0 Å². The van der Waals surface area contributed by atoms with Gasteiger partial charge in [0, 0.05) is 10.6 Å². The third kappa shape index (κ3) is 1.43. The second-order valence-corrected chi connectivity index (χ2v) is 3.94. The van der Waals surface area contributed by atoms with Crippen LogP contribution < -0.4 is 10.6 Å². The third-order valence-electron chi connectivity index (χ3n) is 2.95. The van der Waals surface area contributed by atoms with Crippen molar-refractivity contribution in [1.29, 1.82) is 0 Å². The smallest absolute Gasteiger partial charge is 0.157 e. The Morgan fingerprint density at radius 1 is 1.00 bits per heavy atom. The van der Waals surface area contributed by atoms with Crippen molar-refractivity contribution in [2.24, 2.45) is 0 Å². The van der Waals surface area contributed by atoms with E-state index in [4.69, 9.17) is 0 Å². The van der Waals surface area contributed by atoms with Crippen LogP contribution in [0.2, 0.25) is 0 Å². The van der Waals surface area contributed by atoms with Gasteiger partial charge in [0.15, 0.2) is 5.65 Å². The number of rotatable bonds is 0. The first-order valence-corrected chi connectivity index (χ1v) is 5.70. The van der Waals surface area contributed by atoms with Gasteiger partial charge in [-0.15, -0.1) is 0 Å². The molecule has 0 unspecified atom stereocenters. The van der Waals surface area contributed by atoms with E-state index in [9.17, 15) is 0 Å². The Morgan fingerprint density at radius 2 is 1.71 bits per heavy atom. The molecule has 84 valence electrons. The maximum absolute atomic E-state index is 4.67. The Kier molecular flexibility index (Phi) is 2.18. The number of fused-ring (bicyclic) bond motifs is 2. The Morgan fingerprint density at radius 3 is 2.35 bits per heavy atom. The van der Waals surface area contributed by atoms with Crippen LogP contribution in [0.5, 0.6) is 0 Å². The van der Waals surface area contributed by atoms with Crippen LogP contribution in [-0.4, -0.2) is 15.0 Å². The maximum Gasteiger partial charge on any atom is 0.157 e. The van der Waals surface area contributed by atoms with Crippen LogP contribution in [0.15, 0.2) is 24.3 Å². The molecule has 3 nitrogen and oxygen atoms in total. The molecule has 0 aliphatic rings. The van der Waals surface area contributed by atoms with Crippen molar-refractivity contribution >= 4 is 34.3 Å². The Labute approximate surface area is 98.5 Å². The molecule has 3 heteroatoms. The van der Waals surface area contributed by atoms with Crippen LogP contribution in [0.25, 0.3) is 34.3 Å². The monoisotopic (exact) mass is 223 g/mol. The Hall–Kier alpha value is -2.16. The quantitative estimate of drug-likeness (QED) is 0.630. The van der Waals surface area contributed by atoms with E-state index in [1.807, 2.05) is 44.2 Å². The van der Waals surface area contributed by atoms with E-state index in [1.54, 1.807) is 0 Å². The first-order valence-electron chi connectivity index (χ1n) is 5.70. The highest BCUT2D eigenvalue weighted by Gasteiger charge is 2.04. The van der Waals surface area contributed by atoms with Gasteiger partial charge in [-0.1, -0.05) is 24.3 Å². The number of H-pyrrole nitrogens is 1. The molecule has 0 amide bonds. The number of aromatic nitrogens is 3. The highest BCUT2D eigenvalue weighted by atomic mass is 14.9. The topological polar surface area (TPSA) is 41.6 Å². The van der Waals surface area contributed by atoms with Gasteiger partial charge in [0.25, 0.3) is 0 Å². The molecule has 3 aromatic rings. The molecule has 2 aromatic heterocycles. The van der Waals surface area contributed by atoms with E-state index in [1.165, 1.54) is 0 Å². The molecule has 0 radical (unpaired) electrons. The first-order chi connectivity index (χ1) is 8.33. The standard InChI is InChI=1S/C14H13N3/c1-3-9-10(4-2)16-14-13(9)15-11-7-5-6-8-12(11)17-14/h3-8H,1-2H3,(H,16,17)/b9-3+,10-4+. The second kappa shape index (κ2) is 3.70. The summed E-state index contributed by atoms with van der Waals surface area (Å²) in [5.41, 5.74) is 3.65. The van der Waals surface area contributed by atoms with Crippen LogP contribution in [-0.2, 0) is 0 Å². The minimum Gasteiger partial charge on any atom is -0.338 e. The number of aromatic amines is 1. The van der Waals surface area contributed by atoms with Crippen molar-refractivity contribution in [3.63, 3.8) is 0 Å². The van der Waals surface area contributed by atoms with E-state index >= 15 is 0 Å². The number of para-hydroxylation sites is 2. The fourth-order valence-corrected chi connectivity index (χ4v) is 2.12. The SMILES string of the molecule is C/C=c1\c(=C/C)[nH]c2nc3ccccc3nc12. The number of hydrogen-bond donors (Lipinski definition) is 1. The van der Waals surface area contributed by atoms with Gasteiger partial charge in [0.1, 0.15) is 5.52 Å². The third-order valence-corrected chi connectivity index (χ3v) is 2.95. The lowest BCUT2D eigenvalue weighted by molar-refractivity contribution is 1.29. The van der Waals surface area contributed by atoms with Gasteiger partial charge in [-0.05, 0) is 26.0 Å². The lowest BCUT2D eigenvalue weighted by atomic mass is 10.3. The largest absolute Gasteiger partial charge is 0.338 e. The van der Waals surface area contributed by atoms with Crippen molar-refractivity contribution in [2.45, 2.75) is 13.8 Å². The summed E-state index contributed by atoms with van der Waals surface area (Å²) in [6.07, 6.45) is 4.11. The van der Waals surface area contributed by atoms with Gasteiger partial charge < -0.3 is 4.98 Å². The molecule has 0 saturated heterocycles. The van der Waals surface area contributed by atoms with Gasteiger partial charge in [-0.2, -0.15) is 0 Å². The van der Waals surface area contributed by atoms with Crippen molar-refractivity contribution in [3.8, 4) is 0 Å². The van der Waals surface area contributed by atoms with E-state index in [2.05, 4.69) is 21.0 Å². The fourth-order valence-electron chi connectivity index (χ4n) is 2.12. The summed E-state index contributed by atoms with van der Waals surface area (Å²) in [5, 5.41) is 2.21. The average Bonchev–Trinajstić information content (AvgIpc) is 2.72. The normalized spacial score (nSPS) is 14.0. The minimum absolute atomic E-state index is 0.852. The van der Waals surface area contributed by atoms with Crippen LogP contribution in [0.4, 0.5) is 0 Å². The van der Waals surface area contributed by atoms with E-state index in [0.717, 1.165) is 32.8 Å². The van der Waals surface area contributed by atoms with Gasteiger partial charge in [0.05, 0.1) is 11.0 Å². The molecule has 2 heterocycles. The molecule has 3 rings (SSSR count). The molecular weight excluding hydrogens is 210 g/mol. The van der Waals surface area contributed by atoms with Crippen molar-refractivity contribution in [3.05, 3.63) is 34.8 Å². The van der Waals surface area contributed by atoms with E-state index in [-0.39, 0.29) is 0 Å². The molecule has 0 saturated carbocycles. The van der Waals surface area contributed by atoms with Crippen LogP contribution in [0, 0.1) is 0 Å². The molecule has 0 aliphatic heterocycles. The number of benzene rings is 1. The van der Waals surface area contributed by atoms with Gasteiger partial charge in [-0.3, -0.25) is 0 Å². The van der Waals surface area contributed by atoms with Gasteiger partial charge >= 0.3 is 0 Å². The molecule has 0 fully saturated rings. The van der Waals surface area contributed by atoms with Gasteiger partial charge in [0.2, 0.25) is 0 Å². The van der Waals surface area contributed by atoms with Crippen molar-refractivity contribution in [1.82, 2.24) is 15.0 Å². The summed E-state index contributed by atoms with van der Waals surface area (Å²) in [7, 11) is 0. The molecule has 0 spiro atoms. The lowest BCUT2D eigenvalue weighted by Crippen LogP contribution is -2.21. The van der Waals surface area contributed by atoms with Crippen LogP contribution >= 0.6 is 0 Å². The summed E-state index contributed by atoms with van der Waals surface area (Å²) in [4.78, 5) is 12.6. The Bertz CT molecular complexity index is 812. The zero-order chi connectivity index (χ0) is 11.8. The van der Waals surface area contributed by atoms with Crippen molar-refractivity contribution < 1.29 is 0 Å². The van der Waals surface area contributed by atoms with Crippen LogP contribution in [0.3, 0.4) is 0 Å². The predicted molar refractivity (Wildman–Crippen MR) is 70.9 cm³/mol. The molecule has 0 bridgehead atoms. The van der Waals surface area contributed by atoms with E-state index < -0.39 is 0 Å². The second-order valence-electron chi connectivity index (χ2n) is 3.94. The van der Waals surface area contributed by atoms with E-state index in [0.29, 0.717) is 0 Å². The summed E-state index contributed by atoms with van der Waals surface area (Å²) >= 11 is 0. The maximum atomic E-state index is 4.67. The zero-order valence-corrected chi connectivity index (χ0v) is 9.86. The molecule has 1 aromatic carbocycles. The van der Waals surface area contributed by atoms with Crippen LogP contribution in [0.1, 0.15) is 13.8 Å².